The van der Waals surface area contributed by atoms with Gasteiger partial charge in [0.1, 0.15) is 6.29 Å². The maximum Gasteiger partial charge on any atom is 0.229 e. The maximum absolute atomic E-state index is 13.1. The van der Waals surface area contributed by atoms with Gasteiger partial charge in [-0.15, -0.1) is 0 Å². The fraction of sp³-hybridized carbons (Fsp3) is 0.609. The second-order valence-electron chi connectivity index (χ2n) is 8.78. The Hall–Kier alpha value is -2.45. The van der Waals surface area contributed by atoms with Crippen molar-refractivity contribution in [2.24, 2.45) is 11.8 Å². The van der Waals surface area contributed by atoms with Crippen molar-refractivity contribution < 1.29 is 14.4 Å². The minimum Gasteiger partial charge on any atom is -0.355 e. The molecule has 31 heavy (non-hydrogen) atoms. The van der Waals surface area contributed by atoms with Gasteiger partial charge in [0.25, 0.3) is 0 Å². The van der Waals surface area contributed by atoms with Crippen molar-refractivity contribution in [2.45, 2.75) is 63.9 Å². The van der Waals surface area contributed by atoms with Crippen LogP contribution in [0.25, 0.3) is 0 Å². The molecule has 5 unspecified atom stereocenters. The van der Waals surface area contributed by atoms with Crippen molar-refractivity contribution in [1.82, 2.24) is 26.2 Å². The SMILES string of the molecule is CCC1CCCCN1C1NC(=O)C2C(NC(=O)CC2C(=O)NCCc2ccccc2)N1. The van der Waals surface area contributed by atoms with E-state index in [0.29, 0.717) is 19.0 Å². The Labute approximate surface area is 183 Å². The van der Waals surface area contributed by atoms with E-state index in [1.54, 1.807) is 0 Å². The number of hydrogen-bond acceptors (Lipinski definition) is 5. The normalized spacial score (nSPS) is 31.3. The highest BCUT2D eigenvalue weighted by molar-refractivity contribution is 5.94. The predicted molar refractivity (Wildman–Crippen MR) is 116 cm³/mol. The molecule has 0 bridgehead atoms. The van der Waals surface area contributed by atoms with E-state index in [9.17, 15) is 14.4 Å². The molecular formula is C23H33N5O3. The van der Waals surface area contributed by atoms with Crippen molar-refractivity contribution in [3.63, 3.8) is 0 Å². The van der Waals surface area contributed by atoms with Gasteiger partial charge in [-0.1, -0.05) is 43.7 Å². The minimum absolute atomic E-state index is 0.0272. The molecule has 3 aliphatic rings. The van der Waals surface area contributed by atoms with E-state index >= 15 is 0 Å². The van der Waals surface area contributed by atoms with Crippen LogP contribution >= 0.6 is 0 Å². The van der Waals surface area contributed by atoms with Crippen LogP contribution in [0.1, 0.15) is 44.6 Å². The molecule has 3 amide bonds. The zero-order valence-corrected chi connectivity index (χ0v) is 18.1. The van der Waals surface area contributed by atoms with Gasteiger partial charge in [0.05, 0.1) is 18.0 Å². The van der Waals surface area contributed by atoms with Crippen LogP contribution in [0.5, 0.6) is 0 Å². The molecule has 0 radical (unpaired) electrons. The zero-order chi connectivity index (χ0) is 21.8. The summed E-state index contributed by atoms with van der Waals surface area (Å²) in [6.45, 7) is 3.54. The average Bonchev–Trinajstić information content (AvgIpc) is 2.78. The molecule has 3 fully saturated rings. The van der Waals surface area contributed by atoms with E-state index in [1.807, 2.05) is 30.3 Å². The summed E-state index contributed by atoms with van der Waals surface area (Å²) in [7, 11) is 0. The Morgan fingerprint density at radius 3 is 2.74 bits per heavy atom. The van der Waals surface area contributed by atoms with Gasteiger partial charge < -0.3 is 16.0 Å². The quantitative estimate of drug-likeness (QED) is 0.535. The highest BCUT2D eigenvalue weighted by atomic mass is 16.2. The molecule has 1 aromatic carbocycles. The molecular weight excluding hydrogens is 394 g/mol. The molecule has 5 atom stereocenters. The van der Waals surface area contributed by atoms with Crippen LogP contribution in [0.15, 0.2) is 30.3 Å². The van der Waals surface area contributed by atoms with E-state index in [4.69, 9.17) is 0 Å². The van der Waals surface area contributed by atoms with Gasteiger partial charge in [-0.05, 0) is 31.2 Å². The summed E-state index contributed by atoms with van der Waals surface area (Å²) in [4.78, 5) is 40.6. The third-order valence-corrected chi connectivity index (χ3v) is 6.80. The maximum atomic E-state index is 13.1. The number of benzene rings is 1. The van der Waals surface area contributed by atoms with Crippen LogP contribution < -0.4 is 21.3 Å². The minimum atomic E-state index is -0.675. The smallest absolute Gasteiger partial charge is 0.229 e. The summed E-state index contributed by atoms with van der Waals surface area (Å²) in [5.74, 6) is -1.89. The number of nitrogens with one attached hydrogen (secondary N) is 4. The second-order valence-corrected chi connectivity index (χ2v) is 8.78. The van der Waals surface area contributed by atoms with E-state index in [1.165, 1.54) is 6.42 Å². The fourth-order valence-electron chi connectivity index (χ4n) is 5.14. The fourth-order valence-corrected chi connectivity index (χ4v) is 5.14. The molecule has 1 aromatic rings. The first-order valence-corrected chi connectivity index (χ1v) is 11.5. The Morgan fingerprint density at radius 2 is 1.97 bits per heavy atom. The lowest BCUT2D eigenvalue weighted by molar-refractivity contribution is -0.150. The number of carbonyl (C=O) groups is 3. The Morgan fingerprint density at radius 1 is 1.16 bits per heavy atom. The Kier molecular flexibility index (Phi) is 6.87. The average molecular weight is 428 g/mol. The lowest BCUT2D eigenvalue weighted by Crippen LogP contribution is -2.75. The van der Waals surface area contributed by atoms with Gasteiger partial charge in [-0.2, -0.15) is 0 Å². The van der Waals surface area contributed by atoms with Crippen molar-refractivity contribution >= 4 is 17.7 Å². The van der Waals surface area contributed by atoms with Crippen LogP contribution in [-0.4, -0.2) is 54.2 Å². The van der Waals surface area contributed by atoms with Gasteiger partial charge in [0, 0.05) is 25.6 Å². The number of piperidine rings is 2. The van der Waals surface area contributed by atoms with E-state index in [0.717, 1.165) is 31.4 Å². The second kappa shape index (κ2) is 9.78. The molecule has 0 saturated carbocycles. The molecule has 0 aliphatic carbocycles. The number of nitrogens with zero attached hydrogens (tertiary/aromatic N) is 1. The van der Waals surface area contributed by atoms with E-state index in [-0.39, 0.29) is 30.4 Å². The van der Waals surface area contributed by atoms with Gasteiger partial charge in [-0.3, -0.25) is 24.6 Å². The number of carbonyl (C=O) groups excluding carboxylic acids is 3. The van der Waals surface area contributed by atoms with Crippen molar-refractivity contribution in [1.29, 1.82) is 0 Å². The Balaban J connectivity index is 1.40. The third kappa shape index (κ3) is 4.91. The first-order chi connectivity index (χ1) is 15.1. The molecule has 3 heterocycles. The van der Waals surface area contributed by atoms with Gasteiger partial charge in [-0.25, -0.2) is 0 Å². The number of rotatable bonds is 6. The predicted octanol–water partition coefficient (Wildman–Crippen LogP) is 0.691. The van der Waals surface area contributed by atoms with Crippen LogP contribution in [-0.2, 0) is 20.8 Å². The van der Waals surface area contributed by atoms with Gasteiger partial charge in [0.15, 0.2) is 0 Å². The third-order valence-electron chi connectivity index (χ3n) is 6.80. The van der Waals surface area contributed by atoms with Crippen LogP contribution in [0.2, 0.25) is 0 Å². The van der Waals surface area contributed by atoms with Crippen molar-refractivity contribution in [2.75, 3.05) is 13.1 Å². The number of amides is 3. The monoisotopic (exact) mass is 427 g/mol. The van der Waals surface area contributed by atoms with Crippen LogP contribution in [0.3, 0.4) is 0 Å². The molecule has 8 nitrogen and oxygen atoms in total. The van der Waals surface area contributed by atoms with Crippen molar-refractivity contribution in [3.8, 4) is 0 Å². The molecule has 0 aromatic heterocycles. The lowest BCUT2D eigenvalue weighted by atomic mass is 9.81. The number of likely N-dealkylation sites (tertiary alicyclic amines) is 1. The summed E-state index contributed by atoms with van der Waals surface area (Å²) in [5.41, 5.74) is 1.13. The summed E-state index contributed by atoms with van der Waals surface area (Å²) in [6, 6.07) is 10.3. The Bertz CT molecular complexity index is 802. The molecule has 0 spiro atoms. The summed E-state index contributed by atoms with van der Waals surface area (Å²) in [5, 5.41) is 12.3. The van der Waals surface area contributed by atoms with Crippen LogP contribution in [0.4, 0.5) is 0 Å². The molecule has 8 heteroatoms. The van der Waals surface area contributed by atoms with E-state index < -0.39 is 18.0 Å². The lowest BCUT2D eigenvalue weighted by Gasteiger charge is -2.49. The van der Waals surface area contributed by atoms with E-state index in [2.05, 4.69) is 33.1 Å². The summed E-state index contributed by atoms with van der Waals surface area (Å²) < 4.78 is 0. The number of hydrogen-bond donors (Lipinski definition) is 4. The summed E-state index contributed by atoms with van der Waals surface area (Å²) in [6.07, 6.45) is 4.29. The molecule has 3 saturated heterocycles. The van der Waals surface area contributed by atoms with Gasteiger partial charge in [0.2, 0.25) is 17.7 Å². The molecule has 168 valence electrons. The number of fused-ring (bicyclic) bond motifs is 1. The molecule has 4 rings (SSSR count). The first-order valence-electron chi connectivity index (χ1n) is 11.5. The largest absolute Gasteiger partial charge is 0.355 e. The van der Waals surface area contributed by atoms with Gasteiger partial charge >= 0.3 is 0 Å². The van der Waals surface area contributed by atoms with Crippen LogP contribution in [0, 0.1) is 11.8 Å². The zero-order valence-electron chi connectivity index (χ0n) is 18.1. The standard InChI is InChI=1S/C23H33N5O3/c1-2-16-10-6-7-13-28(16)23-26-20-19(22(31)27-23)17(14-18(29)25-20)21(30)24-12-11-15-8-4-3-5-9-15/h3-5,8-9,16-17,19-20,23,26H,2,6-7,10-14H2,1H3,(H,24,30)(H,25,29)(H,27,31). The molecule has 3 aliphatic heterocycles. The highest BCUT2D eigenvalue weighted by Crippen LogP contribution is 2.29. The first kappa shape index (κ1) is 21.8. The van der Waals surface area contributed by atoms with Crippen molar-refractivity contribution in [3.05, 3.63) is 35.9 Å². The topological polar surface area (TPSA) is 103 Å². The highest BCUT2D eigenvalue weighted by Gasteiger charge is 2.49. The molecule has 4 N–H and O–H groups in total. The summed E-state index contributed by atoms with van der Waals surface area (Å²) >= 11 is 0.